The zero-order chi connectivity index (χ0) is 31.6. The van der Waals surface area contributed by atoms with E-state index in [1.807, 2.05) is 35.2 Å². The average Bonchev–Trinajstić information content (AvgIpc) is 3.70. The molecule has 4 aromatic rings. The van der Waals surface area contributed by atoms with Gasteiger partial charge in [-0.25, -0.2) is 4.98 Å². The van der Waals surface area contributed by atoms with Crippen LogP contribution in [0.15, 0.2) is 72.1 Å². The smallest absolute Gasteiger partial charge is 0.416 e. The molecule has 9 nitrogen and oxygen atoms in total. The first-order valence-corrected chi connectivity index (χ1v) is 15.3. The molecule has 1 aromatic heterocycles. The largest absolute Gasteiger partial charge is 0.454 e. The van der Waals surface area contributed by atoms with Gasteiger partial charge in [0.25, 0.3) is 11.6 Å². The number of anilines is 1. The number of benzene rings is 3. The predicted octanol–water partition coefficient (Wildman–Crippen LogP) is 6.10. The first-order valence-electron chi connectivity index (χ1n) is 14.4. The number of amides is 1. The van der Waals surface area contributed by atoms with E-state index in [4.69, 9.17) is 9.47 Å². The summed E-state index contributed by atoms with van der Waals surface area (Å²) in [5.74, 6) is 1.12. The van der Waals surface area contributed by atoms with Crippen LogP contribution in [-0.4, -0.2) is 65.5 Å². The number of carbonyl (C=O) groups excluding carboxylic acids is 1. The van der Waals surface area contributed by atoms with Crippen molar-refractivity contribution in [1.29, 1.82) is 0 Å². The standard InChI is InChI=1S/C32H31F3N5O4S/c1-37(42)25-6-8-26(9-7-25)39-11-13-40(14-12-39)31(41)27-20-45-30(36-27)19-38(17-22-3-2-4-24(15-22)32(33,34)35)18-23-5-10-28-29(16-23)44-21-43-28/h2-10,15-16,20H,11-14,17-19,21H2,1H3/q+1. The molecule has 3 heterocycles. The third-order valence-corrected chi connectivity index (χ3v) is 8.61. The summed E-state index contributed by atoms with van der Waals surface area (Å²) in [4.78, 5) is 35.4. The van der Waals surface area contributed by atoms with Crippen molar-refractivity contribution in [2.24, 2.45) is 0 Å². The molecule has 0 N–H and O–H groups in total. The van der Waals surface area contributed by atoms with Crippen molar-refractivity contribution < 1.29 is 32.2 Å². The summed E-state index contributed by atoms with van der Waals surface area (Å²) in [7, 11) is 1.45. The highest BCUT2D eigenvalue weighted by atomic mass is 32.1. The maximum absolute atomic E-state index is 13.4. The predicted molar refractivity (Wildman–Crippen MR) is 163 cm³/mol. The number of piperazine rings is 1. The van der Waals surface area contributed by atoms with Crippen LogP contribution in [0.4, 0.5) is 24.5 Å². The summed E-state index contributed by atoms with van der Waals surface area (Å²) >= 11 is 1.35. The van der Waals surface area contributed by atoms with E-state index in [2.05, 4.69) is 9.88 Å². The lowest BCUT2D eigenvalue weighted by atomic mass is 10.1. The van der Waals surface area contributed by atoms with Crippen molar-refractivity contribution in [1.82, 2.24) is 14.8 Å². The first-order chi connectivity index (χ1) is 21.6. The number of thiazole rings is 1. The first kappa shape index (κ1) is 30.5. The zero-order valence-electron chi connectivity index (χ0n) is 24.5. The van der Waals surface area contributed by atoms with Gasteiger partial charge in [-0.2, -0.15) is 13.2 Å². The van der Waals surface area contributed by atoms with Crippen LogP contribution < -0.4 is 14.4 Å². The molecular weight excluding hydrogens is 607 g/mol. The number of ether oxygens (including phenoxy) is 2. The summed E-state index contributed by atoms with van der Waals surface area (Å²) in [6.07, 6.45) is -4.44. The van der Waals surface area contributed by atoms with Gasteiger partial charge >= 0.3 is 6.18 Å². The van der Waals surface area contributed by atoms with Crippen LogP contribution in [-0.2, 0) is 25.8 Å². The fourth-order valence-corrected chi connectivity index (χ4v) is 6.25. The molecule has 0 aliphatic carbocycles. The Bertz CT molecular complexity index is 1690. The molecule has 1 amide bonds. The van der Waals surface area contributed by atoms with Gasteiger partial charge in [-0.3, -0.25) is 9.69 Å². The van der Waals surface area contributed by atoms with Crippen LogP contribution in [0, 0.1) is 4.91 Å². The maximum atomic E-state index is 13.4. The van der Waals surface area contributed by atoms with Crippen molar-refractivity contribution in [3.63, 3.8) is 0 Å². The molecule has 6 rings (SSSR count). The fourth-order valence-electron chi connectivity index (χ4n) is 5.45. The number of rotatable bonds is 9. The van der Waals surface area contributed by atoms with Gasteiger partial charge in [0, 0.05) is 72.1 Å². The number of hydrogen-bond donors (Lipinski definition) is 0. The number of hydrogen-bond acceptors (Lipinski definition) is 8. The number of aromatic nitrogens is 1. The molecule has 45 heavy (non-hydrogen) atoms. The Morgan fingerprint density at radius 2 is 1.64 bits per heavy atom. The molecule has 1 saturated heterocycles. The molecule has 3 aromatic carbocycles. The van der Waals surface area contributed by atoms with Crippen LogP contribution in [0.2, 0.25) is 0 Å². The van der Waals surface area contributed by atoms with E-state index >= 15 is 0 Å². The minimum absolute atomic E-state index is 0.144. The maximum Gasteiger partial charge on any atom is 0.416 e. The van der Waals surface area contributed by atoms with Crippen LogP contribution >= 0.6 is 11.3 Å². The Kier molecular flexibility index (Phi) is 8.72. The Hall–Kier alpha value is -4.49. The molecular formula is C32H31F3N5O4S+. The fraction of sp³-hybridized carbons (Fsp3) is 0.312. The number of fused-ring (bicyclic) bond motifs is 1. The van der Waals surface area contributed by atoms with E-state index in [0.717, 1.165) is 22.1 Å². The lowest BCUT2D eigenvalue weighted by Crippen LogP contribution is -2.48. The van der Waals surface area contributed by atoms with E-state index < -0.39 is 11.7 Å². The number of carbonyl (C=O) groups is 1. The monoisotopic (exact) mass is 638 g/mol. The Labute approximate surface area is 262 Å². The highest BCUT2D eigenvalue weighted by Gasteiger charge is 2.30. The van der Waals surface area contributed by atoms with Crippen LogP contribution in [0.1, 0.15) is 32.2 Å². The van der Waals surface area contributed by atoms with Crippen molar-refractivity contribution >= 4 is 28.6 Å². The quantitative estimate of drug-likeness (QED) is 0.205. The molecule has 0 bridgehead atoms. The lowest BCUT2D eigenvalue weighted by Gasteiger charge is -2.35. The highest BCUT2D eigenvalue weighted by Crippen LogP contribution is 2.34. The number of nitrogens with zero attached hydrogens (tertiary/aromatic N) is 5. The van der Waals surface area contributed by atoms with E-state index in [-0.39, 0.29) is 19.2 Å². The highest BCUT2D eigenvalue weighted by molar-refractivity contribution is 7.09. The molecule has 0 unspecified atom stereocenters. The molecule has 13 heteroatoms. The molecule has 1 fully saturated rings. The van der Waals surface area contributed by atoms with Gasteiger partial charge in [0.05, 0.1) is 12.1 Å². The van der Waals surface area contributed by atoms with Gasteiger partial charge in [-0.15, -0.1) is 11.3 Å². The van der Waals surface area contributed by atoms with Gasteiger partial charge in [-0.05, 0) is 41.5 Å². The third kappa shape index (κ3) is 7.26. The van der Waals surface area contributed by atoms with Gasteiger partial charge in [0.2, 0.25) is 6.79 Å². The van der Waals surface area contributed by atoms with Gasteiger partial charge < -0.3 is 19.3 Å². The Morgan fingerprint density at radius 3 is 2.36 bits per heavy atom. The van der Waals surface area contributed by atoms with Gasteiger partial charge in [0.1, 0.15) is 10.7 Å². The third-order valence-electron chi connectivity index (χ3n) is 7.78. The molecule has 0 spiro atoms. The molecule has 0 saturated carbocycles. The second kappa shape index (κ2) is 12.9. The van der Waals surface area contributed by atoms with E-state index in [9.17, 15) is 22.9 Å². The van der Waals surface area contributed by atoms with Crippen LogP contribution in [0.25, 0.3) is 0 Å². The Morgan fingerprint density at radius 1 is 0.933 bits per heavy atom. The van der Waals surface area contributed by atoms with Crippen molar-refractivity contribution in [3.05, 3.63) is 104 Å². The summed E-state index contributed by atoms with van der Waals surface area (Å²) in [6.45, 7) is 3.50. The van der Waals surface area contributed by atoms with Crippen LogP contribution in [0.5, 0.6) is 11.5 Å². The summed E-state index contributed by atoms with van der Waals surface area (Å²) in [6, 6.07) is 18.3. The second-order valence-electron chi connectivity index (χ2n) is 11.0. The van der Waals surface area contributed by atoms with Gasteiger partial charge in [-0.1, -0.05) is 24.3 Å². The second-order valence-corrected chi connectivity index (χ2v) is 11.9. The molecule has 0 atom stereocenters. The zero-order valence-corrected chi connectivity index (χ0v) is 25.3. The Balaban J connectivity index is 1.13. The van der Waals surface area contributed by atoms with Crippen LogP contribution in [0.3, 0.4) is 0 Å². The van der Waals surface area contributed by atoms with Crippen molar-refractivity contribution in [2.75, 3.05) is 44.9 Å². The molecule has 2 aliphatic rings. The van der Waals surface area contributed by atoms with E-state index in [1.165, 1.54) is 30.5 Å². The number of alkyl halides is 3. The summed E-state index contributed by atoms with van der Waals surface area (Å²) < 4.78 is 52.0. The van der Waals surface area contributed by atoms with Crippen molar-refractivity contribution in [3.8, 4) is 11.5 Å². The van der Waals surface area contributed by atoms with Crippen molar-refractivity contribution in [2.45, 2.75) is 25.8 Å². The van der Waals surface area contributed by atoms with Gasteiger partial charge in [0.15, 0.2) is 18.5 Å². The lowest BCUT2D eigenvalue weighted by molar-refractivity contribution is -0.428. The average molecular weight is 639 g/mol. The molecule has 234 valence electrons. The minimum atomic E-state index is -4.44. The summed E-state index contributed by atoms with van der Waals surface area (Å²) in [5, 5.41) is 2.43. The number of halogens is 3. The number of nitroso groups, excluding NO2 is 1. The topological polar surface area (TPSA) is 78.2 Å². The SMILES string of the molecule is C[N+](=O)c1ccc(N2CCN(C(=O)c3csc(CN(Cc4cccc(C(F)(F)F)c4)Cc4ccc5c(c4)OCO5)n3)CC2)cc1. The van der Waals surface area contributed by atoms with E-state index in [0.29, 0.717) is 72.7 Å². The normalized spacial score (nSPS) is 14.7. The summed E-state index contributed by atoms with van der Waals surface area (Å²) in [5.41, 5.74) is 2.66. The van der Waals surface area contributed by atoms with E-state index in [1.54, 1.807) is 28.5 Å². The molecule has 2 aliphatic heterocycles. The molecule has 0 radical (unpaired) electrons. The minimum Gasteiger partial charge on any atom is -0.454 e.